The predicted molar refractivity (Wildman–Crippen MR) is 41.8 cm³/mol. The minimum atomic E-state index is -8.10. The van der Waals surface area contributed by atoms with Gasteiger partial charge in [-0.15, -0.1) is 0 Å². The molecule has 0 aromatic carbocycles. The molecule has 15 heteroatoms. The Morgan fingerprint density at radius 3 is 1.13 bits per heavy atom. The van der Waals surface area contributed by atoms with E-state index in [-0.39, 0.29) is 0 Å². The largest absolute Gasteiger partial charge is 0.460 e. The molecule has 0 N–H and O–H groups in total. The van der Waals surface area contributed by atoms with Gasteiger partial charge in [0.15, 0.2) is 6.29 Å². The third-order valence-corrected chi connectivity index (χ3v) is 2.42. The molecule has 0 spiro atoms. The molecule has 0 aromatic rings. The van der Waals surface area contributed by atoms with Crippen LogP contribution in [0.25, 0.3) is 0 Å². The van der Waals surface area contributed by atoms with Crippen LogP contribution in [0.2, 0.25) is 0 Å². The van der Waals surface area contributed by atoms with E-state index >= 15 is 0 Å². The third-order valence-electron chi connectivity index (χ3n) is 2.42. The molecule has 0 saturated heterocycles. The van der Waals surface area contributed by atoms with Crippen molar-refractivity contribution in [1.29, 1.82) is 0 Å². The van der Waals surface area contributed by atoms with E-state index in [0.717, 1.165) is 0 Å². The summed E-state index contributed by atoms with van der Waals surface area (Å²) in [4.78, 5) is 9.58. The van der Waals surface area contributed by atoms with Crippen LogP contribution in [-0.4, -0.2) is 48.2 Å². The van der Waals surface area contributed by atoms with Crippen molar-refractivity contribution in [1.82, 2.24) is 0 Å². The second kappa shape index (κ2) is 5.36. The average Bonchev–Trinajstić information content (AvgIpc) is 2.35. The minimum Gasteiger partial charge on any atom is -0.300 e. The smallest absolute Gasteiger partial charge is 0.300 e. The molecule has 0 amide bonds. The Labute approximate surface area is 116 Å². The van der Waals surface area contributed by atoms with Crippen LogP contribution in [0.5, 0.6) is 0 Å². The van der Waals surface area contributed by atoms with Gasteiger partial charge in [0.2, 0.25) is 6.17 Å². The van der Waals surface area contributed by atoms with Gasteiger partial charge in [-0.2, -0.15) is 57.1 Å². The van der Waals surface area contributed by atoms with E-state index in [9.17, 15) is 66.3 Å². The third kappa shape index (κ3) is 2.70. The van der Waals surface area contributed by atoms with Crippen molar-refractivity contribution < 1.29 is 66.3 Å². The van der Waals surface area contributed by atoms with E-state index in [0.29, 0.717) is 0 Å². The lowest BCUT2D eigenvalue weighted by Gasteiger charge is -2.39. The molecule has 0 aliphatic rings. The summed E-state index contributed by atoms with van der Waals surface area (Å²) in [5.74, 6) is -38.9. The molecule has 1 atom stereocenters. The molecule has 1 nitrogen and oxygen atoms in total. The molecule has 0 aromatic heterocycles. The average molecular weight is 380 g/mol. The van der Waals surface area contributed by atoms with Gasteiger partial charge in [0.1, 0.15) is 0 Å². The van der Waals surface area contributed by atoms with Crippen LogP contribution in [0.4, 0.5) is 61.5 Å². The maximum Gasteiger partial charge on any atom is 0.460 e. The SMILES string of the molecule is O=CC(F)C(F)(F)C(F)(F)C(F)(F)C(F)(F)C(F)(F)C(F)(F)F. The molecule has 0 aliphatic heterocycles. The van der Waals surface area contributed by atoms with Gasteiger partial charge in [0.05, 0.1) is 0 Å². The van der Waals surface area contributed by atoms with E-state index in [1.807, 2.05) is 0 Å². The Bertz CT molecular complexity index is 448. The van der Waals surface area contributed by atoms with E-state index in [2.05, 4.69) is 0 Å². The van der Waals surface area contributed by atoms with Crippen LogP contribution < -0.4 is 0 Å². The van der Waals surface area contributed by atoms with Gasteiger partial charge in [0, 0.05) is 0 Å². The summed E-state index contributed by atoms with van der Waals surface area (Å²) in [6.45, 7) is 0. The van der Waals surface area contributed by atoms with Gasteiger partial charge in [-0.05, 0) is 0 Å². The lowest BCUT2D eigenvalue weighted by Crippen LogP contribution is -2.71. The fraction of sp³-hybridized carbons (Fsp3) is 0.875. The summed E-state index contributed by atoms with van der Waals surface area (Å²) in [7, 11) is 0. The zero-order valence-corrected chi connectivity index (χ0v) is 9.85. The molecule has 0 rings (SSSR count). The van der Waals surface area contributed by atoms with E-state index in [1.165, 1.54) is 0 Å². The van der Waals surface area contributed by atoms with Gasteiger partial charge in [-0.25, -0.2) is 4.39 Å². The van der Waals surface area contributed by atoms with Gasteiger partial charge in [-0.3, -0.25) is 4.79 Å². The first-order chi connectivity index (χ1) is 9.73. The van der Waals surface area contributed by atoms with Crippen molar-refractivity contribution in [2.45, 2.75) is 42.0 Å². The van der Waals surface area contributed by atoms with Crippen LogP contribution in [0.3, 0.4) is 0 Å². The highest BCUT2D eigenvalue weighted by molar-refractivity contribution is 5.58. The standard InChI is InChI=1S/C8H2F14O/c9-2(1-23)3(10,11)4(12,13)5(14,15)6(16,17)7(18,19)8(20,21)22/h1-2H. The fourth-order valence-electron chi connectivity index (χ4n) is 1.04. The number of halogens is 14. The number of hydrogen-bond acceptors (Lipinski definition) is 1. The number of rotatable bonds is 6. The molecule has 0 radical (unpaired) electrons. The number of alkyl halides is 14. The highest BCUT2D eigenvalue weighted by Gasteiger charge is 2.91. The van der Waals surface area contributed by atoms with Crippen molar-refractivity contribution in [3.8, 4) is 0 Å². The van der Waals surface area contributed by atoms with Crippen molar-refractivity contribution in [3.05, 3.63) is 0 Å². The van der Waals surface area contributed by atoms with Crippen molar-refractivity contribution in [3.63, 3.8) is 0 Å². The molecule has 0 aliphatic carbocycles. The lowest BCUT2D eigenvalue weighted by molar-refractivity contribution is -0.441. The first-order valence-corrected chi connectivity index (χ1v) is 4.78. The molecule has 0 saturated carbocycles. The van der Waals surface area contributed by atoms with Gasteiger partial charge in [0.25, 0.3) is 0 Å². The molecular weight excluding hydrogens is 378 g/mol. The Kier molecular flexibility index (Phi) is 5.05. The number of carbonyl (C=O) groups excluding carboxylic acids is 1. The zero-order chi connectivity index (χ0) is 19.3. The monoisotopic (exact) mass is 380 g/mol. The second-order valence-corrected chi connectivity index (χ2v) is 3.96. The van der Waals surface area contributed by atoms with Gasteiger partial charge >= 0.3 is 35.8 Å². The van der Waals surface area contributed by atoms with Crippen molar-refractivity contribution in [2.24, 2.45) is 0 Å². The van der Waals surface area contributed by atoms with Gasteiger partial charge in [-0.1, -0.05) is 0 Å². The van der Waals surface area contributed by atoms with Crippen LogP contribution in [0, 0.1) is 0 Å². The molecule has 0 heterocycles. The number of hydrogen-bond donors (Lipinski definition) is 0. The topological polar surface area (TPSA) is 17.1 Å². The maximum atomic E-state index is 12.8. The van der Waals surface area contributed by atoms with Crippen LogP contribution in [0.15, 0.2) is 0 Å². The lowest BCUT2D eigenvalue weighted by atomic mass is 9.92. The summed E-state index contributed by atoms with van der Waals surface area (Å²) in [6, 6.07) is 0. The molecule has 1 unspecified atom stereocenters. The second-order valence-electron chi connectivity index (χ2n) is 3.96. The Morgan fingerprint density at radius 2 is 0.870 bits per heavy atom. The van der Waals surface area contributed by atoms with Crippen LogP contribution >= 0.6 is 0 Å². The first-order valence-electron chi connectivity index (χ1n) is 4.78. The molecule has 138 valence electrons. The normalized spacial score (nSPS) is 17.1. The van der Waals surface area contributed by atoms with E-state index < -0.39 is 48.2 Å². The predicted octanol–water partition coefficient (Wildman–Crippen LogP) is 4.26. The Hall–Kier alpha value is -1.31. The van der Waals surface area contributed by atoms with Crippen molar-refractivity contribution in [2.75, 3.05) is 0 Å². The number of carbonyl (C=O) groups is 1. The minimum absolute atomic E-state index is 1.76. The van der Waals surface area contributed by atoms with E-state index in [4.69, 9.17) is 0 Å². The quantitative estimate of drug-likeness (QED) is 0.497. The molecular formula is C8H2F14O. The van der Waals surface area contributed by atoms with Gasteiger partial charge < -0.3 is 0 Å². The highest BCUT2D eigenvalue weighted by Crippen LogP contribution is 2.60. The van der Waals surface area contributed by atoms with E-state index in [1.54, 1.807) is 0 Å². The Morgan fingerprint density at radius 1 is 0.565 bits per heavy atom. The summed E-state index contributed by atoms with van der Waals surface area (Å²) >= 11 is 0. The highest BCUT2D eigenvalue weighted by atomic mass is 19.4. The summed E-state index contributed by atoms with van der Waals surface area (Å²) in [6.07, 6.45) is -14.2. The molecule has 23 heavy (non-hydrogen) atoms. The van der Waals surface area contributed by atoms with Crippen molar-refractivity contribution >= 4 is 6.29 Å². The first kappa shape index (κ1) is 21.7. The van der Waals surface area contributed by atoms with Crippen LogP contribution in [-0.2, 0) is 4.79 Å². The maximum absolute atomic E-state index is 12.8. The molecule has 0 bridgehead atoms. The molecule has 0 fully saturated rings. The fourth-order valence-corrected chi connectivity index (χ4v) is 1.04. The summed E-state index contributed by atoms with van der Waals surface area (Å²) in [5.41, 5.74) is 0. The summed E-state index contributed by atoms with van der Waals surface area (Å²) < 4.78 is 173. The zero-order valence-electron chi connectivity index (χ0n) is 9.85. The number of aldehydes is 1. The Balaban J connectivity index is 6.30. The van der Waals surface area contributed by atoms with Crippen LogP contribution in [0.1, 0.15) is 0 Å². The summed E-state index contributed by atoms with van der Waals surface area (Å²) in [5, 5.41) is 0.